The Bertz CT molecular complexity index is 440. The summed E-state index contributed by atoms with van der Waals surface area (Å²) in [7, 11) is 0. The fraction of sp³-hybridized carbons (Fsp3) is 0.562. The molecule has 0 radical (unpaired) electrons. The molecule has 4 heteroatoms. The average molecular weight is 276 g/mol. The molecule has 4 nitrogen and oxygen atoms in total. The number of amides is 2. The molecule has 20 heavy (non-hydrogen) atoms. The van der Waals surface area contributed by atoms with E-state index in [1.54, 1.807) is 4.90 Å². The summed E-state index contributed by atoms with van der Waals surface area (Å²) in [5, 5.41) is 12.1. The van der Waals surface area contributed by atoms with Crippen LogP contribution in [0.4, 0.5) is 4.79 Å². The lowest BCUT2D eigenvalue weighted by Crippen LogP contribution is -2.43. The Labute approximate surface area is 120 Å². The number of benzene rings is 1. The summed E-state index contributed by atoms with van der Waals surface area (Å²) in [6.07, 6.45) is 2.34. The van der Waals surface area contributed by atoms with Crippen LogP contribution in [-0.4, -0.2) is 35.7 Å². The van der Waals surface area contributed by atoms with Gasteiger partial charge >= 0.3 is 6.03 Å². The molecule has 0 spiro atoms. The highest BCUT2D eigenvalue weighted by molar-refractivity contribution is 5.74. The molecule has 1 fully saturated rings. The third kappa shape index (κ3) is 3.73. The lowest BCUT2D eigenvalue weighted by atomic mass is 10.0. The van der Waals surface area contributed by atoms with Gasteiger partial charge in [-0.05, 0) is 38.2 Å². The minimum atomic E-state index is -0.0842. The minimum Gasteiger partial charge on any atom is -0.395 e. The Hall–Kier alpha value is -1.55. The van der Waals surface area contributed by atoms with E-state index < -0.39 is 0 Å². The van der Waals surface area contributed by atoms with E-state index in [-0.39, 0.29) is 18.7 Å². The van der Waals surface area contributed by atoms with E-state index in [1.165, 1.54) is 24.0 Å². The van der Waals surface area contributed by atoms with Gasteiger partial charge in [0.2, 0.25) is 0 Å². The van der Waals surface area contributed by atoms with Crippen LogP contribution in [0.3, 0.4) is 0 Å². The van der Waals surface area contributed by atoms with Crippen LogP contribution in [0.2, 0.25) is 0 Å². The van der Waals surface area contributed by atoms with E-state index in [1.807, 2.05) is 6.92 Å². The third-order valence-corrected chi connectivity index (χ3v) is 3.85. The Balaban J connectivity index is 2.06. The van der Waals surface area contributed by atoms with Crippen LogP contribution >= 0.6 is 0 Å². The van der Waals surface area contributed by atoms with Crippen LogP contribution in [0, 0.1) is 12.8 Å². The van der Waals surface area contributed by atoms with Crippen molar-refractivity contribution in [2.45, 2.75) is 32.7 Å². The quantitative estimate of drug-likeness (QED) is 0.838. The maximum absolute atomic E-state index is 12.3. The van der Waals surface area contributed by atoms with Crippen molar-refractivity contribution in [3.05, 3.63) is 35.4 Å². The molecular weight excluding hydrogens is 252 g/mol. The first kappa shape index (κ1) is 14.9. The van der Waals surface area contributed by atoms with E-state index in [0.29, 0.717) is 19.0 Å². The predicted octanol–water partition coefficient (Wildman–Crippen LogP) is 2.47. The molecule has 1 atom stereocenters. The third-order valence-electron chi connectivity index (χ3n) is 3.85. The summed E-state index contributed by atoms with van der Waals surface area (Å²) in [6, 6.07) is 8.38. The number of urea groups is 1. The first-order chi connectivity index (χ1) is 9.65. The van der Waals surface area contributed by atoms with Gasteiger partial charge in [-0.3, -0.25) is 0 Å². The van der Waals surface area contributed by atoms with Crippen LogP contribution in [0.25, 0.3) is 0 Å². The Kier molecular flexibility index (Phi) is 5.01. The standard InChI is InChI=1S/C16H24N2O2/c1-3-18(10-11-19)16(20)17-15(14-8-9-14)13-6-4-12(2)5-7-13/h4-7,14-15,19H,3,8-11H2,1-2H3,(H,17,20). The summed E-state index contributed by atoms with van der Waals surface area (Å²) in [5.41, 5.74) is 2.40. The Morgan fingerprint density at radius 2 is 2.05 bits per heavy atom. The van der Waals surface area contributed by atoms with Crippen molar-refractivity contribution in [3.8, 4) is 0 Å². The first-order valence-electron chi connectivity index (χ1n) is 7.38. The molecule has 0 bridgehead atoms. The van der Waals surface area contributed by atoms with Crippen LogP contribution < -0.4 is 5.32 Å². The molecule has 1 aliphatic rings. The van der Waals surface area contributed by atoms with Gasteiger partial charge in [0.15, 0.2) is 0 Å². The lowest BCUT2D eigenvalue weighted by Gasteiger charge is -2.25. The number of rotatable bonds is 6. The van der Waals surface area contributed by atoms with Gasteiger partial charge in [0.25, 0.3) is 0 Å². The van der Waals surface area contributed by atoms with E-state index in [2.05, 4.69) is 36.5 Å². The fourth-order valence-corrected chi connectivity index (χ4v) is 2.42. The largest absolute Gasteiger partial charge is 0.395 e. The Morgan fingerprint density at radius 1 is 1.40 bits per heavy atom. The molecule has 2 amide bonds. The van der Waals surface area contributed by atoms with Crippen LogP contribution in [-0.2, 0) is 0 Å². The zero-order valence-corrected chi connectivity index (χ0v) is 12.3. The number of likely N-dealkylation sites (N-methyl/N-ethyl adjacent to an activating group) is 1. The maximum atomic E-state index is 12.3. The van der Waals surface area contributed by atoms with Gasteiger partial charge in [-0.2, -0.15) is 0 Å². The van der Waals surface area contributed by atoms with Gasteiger partial charge in [-0.25, -0.2) is 4.79 Å². The van der Waals surface area contributed by atoms with E-state index >= 15 is 0 Å². The average Bonchev–Trinajstić information content (AvgIpc) is 3.27. The van der Waals surface area contributed by atoms with Crippen molar-refractivity contribution >= 4 is 6.03 Å². The van der Waals surface area contributed by atoms with Gasteiger partial charge in [0.05, 0.1) is 12.6 Å². The summed E-state index contributed by atoms with van der Waals surface area (Å²) in [5.74, 6) is 0.550. The molecule has 2 rings (SSSR count). The van der Waals surface area contributed by atoms with E-state index in [9.17, 15) is 4.79 Å². The second-order valence-corrected chi connectivity index (χ2v) is 5.48. The molecule has 0 saturated heterocycles. The zero-order chi connectivity index (χ0) is 14.5. The van der Waals surface area contributed by atoms with Crippen molar-refractivity contribution in [3.63, 3.8) is 0 Å². The SMILES string of the molecule is CCN(CCO)C(=O)NC(c1ccc(C)cc1)C1CC1. The van der Waals surface area contributed by atoms with Gasteiger partial charge in [-0.1, -0.05) is 29.8 Å². The normalized spacial score (nSPS) is 15.8. The van der Waals surface area contributed by atoms with E-state index in [4.69, 9.17) is 5.11 Å². The second kappa shape index (κ2) is 6.75. The van der Waals surface area contributed by atoms with Gasteiger partial charge in [0, 0.05) is 13.1 Å². The number of hydrogen-bond acceptors (Lipinski definition) is 2. The van der Waals surface area contributed by atoms with Gasteiger partial charge < -0.3 is 15.3 Å². The predicted molar refractivity (Wildman–Crippen MR) is 79.5 cm³/mol. The highest BCUT2D eigenvalue weighted by atomic mass is 16.3. The minimum absolute atomic E-state index is 0.000112. The number of aliphatic hydroxyl groups is 1. The van der Waals surface area contributed by atoms with Crippen LogP contribution in [0.15, 0.2) is 24.3 Å². The smallest absolute Gasteiger partial charge is 0.317 e. The first-order valence-corrected chi connectivity index (χ1v) is 7.38. The van der Waals surface area contributed by atoms with E-state index in [0.717, 1.165) is 0 Å². The molecular formula is C16H24N2O2. The number of hydrogen-bond donors (Lipinski definition) is 2. The number of nitrogens with zero attached hydrogens (tertiary/aromatic N) is 1. The molecule has 0 aromatic heterocycles. The molecule has 1 unspecified atom stereocenters. The number of carbonyl (C=O) groups excluding carboxylic acids is 1. The summed E-state index contributed by atoms with van der Waals surface area (Å²) in [4.78, 5) is 13.9. The van der Waals surface area contributed by atoms with Crippen molar-refractivity contribution in [2.24, 2.45) is 5.92 Å². The summed E-state index contributed by atoms with van der Waals surface area (Å²) in [6.45, 7) is 4.98. The Morgan fingerprint density at radius 3 is 2.55 bits per heavy atom. The van der Waals surface area contributed by atoms with Crippen LogP contribution in [0.1, 0.15) is 36.9 Å². The van der Waals surface area contributed by atoms with Crippen molar-refractivity contribution in [2.75, 3.05) is 19.7 Å². The molecule has 2 N–H and O–H groups in total. The van der Waals surface area contributed by atoms with Crippen molar-refractivity contribution < 1.29 is 9.90 Å². The molecule has 1 saturated carbocycles. The topological polar surface area (TPSA) is 52.6 Å². The lowest BCUT2D eigenvalue weighted by molar-refractivity contribution is 0.176. The molecule has 1 aromatic rings. The molecule has 110 valence electrons. The summed E-state index contributed by atoms with van der Waals surface area (Å²) >= 11 is 0. The maximum Gasteiger partial charge on any atom is 0.317 e. The highest BCUT2D eigenvalue weighted by Crippen LogP contribution is 2.41. The number of aryl methyl sites for hydroxylation is 1. The molecule has 1 aromatic carbocycles. The summed E-state index contributed by atoms with van der Waals surface area (Å²) < 4.78 is 0. The number of aliphatic hydroxyl groups excluding tert-OH is 1. The van der Waals surface area contributed by atoms with Gasteiger partial charge in [0.1, 0.15) is 0 Å². The zero-order valence-electron chi connectivity index (χ0n) is 12.3. The van der Waals surface area contributed by atoms with Crippen LogP contribution in [0.5, 0.6) is 0 Å². The number of carbonyl (C=O) groups is 1. The second-order valence-electron chi connectivity index (χ2n) is 5.48. The molecule has 0 aliphatic heterocycles. The van der Waals surface area contributed by atoms with Gasteiger partial charge in [-0.15, -0.1) is 0 Å². The molecule has 0 heterocycles. The molecule has 1 aliphatic carbocycles. The van der Waals surface area contributed by atoms with Crippen molar-refractivity contribution in [1.82, 2.24) is 10.2 Å². The monoisotopic (exact) mass is 276 g/mol. The number of nitrogens with one attached hydrogen (secondary N) is 1. The fourth-order valence-electron chi connectivity index (χ4n) is 2.42. The van der Waals surface area contributed by atoms with Crippen molar-refractivity contribution in [1.29, 1.82) is 0 Å². The highest BCUT2D eigenvalue weighted by Gasteiger charge is 2.34.